The highest BCUT2D eigenvalue weighted by atomic mass is 19.1. The summed E-state index contributed by atoms with van der Waals surface area (Å²) in [5.41, 5.74) is 0.924. The van der Waals surface area contributed by atoms with Gasteiger partial charge in [-0.1, -0.05) is 27.7 Å². The van der Waals surface area contributed by atoms with Crippen LogP contribution >= 0.6 is 0 Å². The van der Waals surface area contributed by atoms with E-state index in [4.69, 9.17) is 4.74 Å². The lowest BCUT2D eigenvalue weighted by Gasteiger charge is -2.11. The Labute approximate surface area is 116 Å². The highest BCUT2D eigenvalue weighted by molar-refractivity contribution is 5.29. The van der Waals surface area contributed by atoms with Gasteiger partial charge < -0.3 is 10.1 Å². The van der Waals surface area contributed by atoms with E-state index in [0.29, 0.717) is 30.9 Å². The topological polar surface area (TPSA) is 21.3 Å². The van der Waals surface area contributed by atoms with Gasteiger partial charge in [-0.25, -0.2) is 4.39 Å². The van der Waals surface area contributed by atoms with Gasteiger partial charge in [0.05, 0.1) is 6.61 Å². The van der Waals surface area contributed by atoms with E-state index < -0.39 is 0 Å². The maximum absolute atomic E-state index is 13.5. The Kier molecular flexibility index (Phi) is 6.85. The predicted octanol–water partition coefficient (Wildman–Crippen LogP) is 4.14. The highest BCUT2D eigenvalue weighted by Crippen LogP contribution is 2.17. The number of rotatable bonds is 8. The maximum atomic E-state index is 13.5. The van der Waals surface area contributed by atoms with Gasteiger partial charge in [-0.3, -0.25) is 0 Å². The van der Waals surface area contributed by atoms with Crippen LogP contribution in [0.4, 0.5) is 4.39 Å². The fourth-order valence-electron chi connectivity index (χ4n) is 1.81. The van der Waals surface area contributed by atoms with Crippen molar-refractivity contribution in [1.82, 2.24) is 5.32 Å². The van der Waals surface area contributed by atoms with Crippen LogP contribution in [0.5, 0.6) is 5.75 Å². The molecule has 0 bridgehead atoms. The zero-order valence-electron chi connectivity index (χ0n) is 12.5. The minimum atomic E-state index is -0.234. The zero-order chi connectivity index (χ0) is 14.3. The van der Waals surface area contributed by atoms with E-state index in [1.54, 1.807) is 6.07 Å². The summed E-state index contributed by atoms with van der Waals surface area (Å²) in [7, 11) is 0. The fourth-order valence-corrected chi connectivity index (χ4v) is 1.81. The van der Waals surface area contributed by atoms with E-state index in [9.17, 15) is 4.39 Å². The maximum Gasteiger partial charge on any atom is 0.127 e. The van der Waals surface area contributed by atoms with Crippen molar-refractivity contribution in [3.63, 3.8) is 0 Å². The average molecular weight is 267 g/mol. The molecule has 1 N–H and O–H groups in total. The van der Waals surface area contributed by atoms with Crippen LogP contribution in [0.3, 0.4) is 0 Å². The van der Waals surface area contributed by atoms with Gasteiger partial charge >= 0.3 is 0 Å². The van der Waals surface area contributed by atoms with Crippen LogP contribution in [0.1, 0.15) is 46.1 Å². The summed E-state index contributed by atoms with van der Waals surface area (Å²) in [6, 6.07) is 5.30. The summed E-state index contributed by atoms with van der Waals surface area (Å²) in [4.78, 5) is 0. The third-order valence-electron chi connectivity index (χ3n) is 2.84. The number of ether oxygens (including phenoxy) is 1. The molecule has 0 amide bonds. The summed E-state index contributed by atoms with van der Waals surface area (Å²) in [6.07, 6.45) is 2.14. The average Bonchev–Trinajstić information content (AvgIpc) is 2.31. The molecule has 0 aliphatic carbocycles. The van der Waals surface area contributed by atoms with Crippen LogP contribution in [0.15, 0.2) is 18.2 Å². The number of hydrogen-bond acceptors (Lipinski definition) is 2. The molecule has 1 aromatic rings. The lowest BCUT2D eigenvalue weighted by Crippen LogP contribution is -2.21. The van der Waals surface area contributed by atoms with Crippen molar-refractivity contribution < 1.29 is 9.13 Å². The summed E-state index contributed by atoms with van der Waals surface area (Å²) < 4.78 is 19.1. The van der Waals surface area contributed by atoms with Crippen molar-refractivity contribution in [2.45, 2.75) is 53.1 Å². The Hall–Kier alpha value is -1.09. The minimum Gasteiger partial charge on any atom is -0.493 e. The van der Waals surface area contributed by atoms with Crippen LogP contribution in [0.2, 0.25) is 0 Å². The first-order chi connectivity index (χ1) is 8.97. The first-order valence-corrected chi connectivity index (χ1v) is 7.13. The molecule has 2 nitrogen and oxygen atoms in total. The molecule has 19 heavy (non-hydrogen) atoms. The molecule has 0 saturated carbocycles. The summed E-state index contributed by atoms with van der Waals surface area (Å²) in [5.74, 6) is 1.08. The van der Waals surface area contributed by atoms with Crippen LogP contribution in [-0.4, -0.2) is 12.6 Å². The molecular formula is C16H26FNO. The molecule has 0 aliphatic heterocycles. The van der Waals surface area contributed by atoms with Gasteiger partial charge in [0.15, 0.2) is 0 Å². The number of hydrogen-bond donors (Lipinski definition) is 1. The van der Waals surface area contributed by atoms with Crippen molar-refractivity contribution in [2.24, 2.45) is 5.92 Å². The molecule has 0 aromatic heterocycles. The monoisotopic (exact) mass is 267 g/mol. The molecule has 1 aromatic carbocycles. The molecule has 0 saturated heterocycles. The molecule has 0 fully saturated rings. The van der Waals surface area contributed by atoms with Gasteiger partial charge in [-0.15, -0.1) is 0 Å². The van der Waals surface area contributed by atoms with E-state index >= 15 is 0 Å². The van der Waals surface area contributed by atoms with Crippen LogP contribution in [0, 0.1) is 11.7 Å². The van der Waals surface area contributed by atoms with E-state index in [2.05, 4.69) is 33.0 Å². The molecule has 1 rings (SSSR count). The van der Waals surface area contributed by atoms with Crippen LogP contribution < -0.4 is 10.1 Å². The fraction of sp³-hybridized carbons (Fsp3) is 0.625. The largest absolute Gasteiger partial charge is 0.493 e. The number of benzene rings is 1. The van der Waals surface area contributed by atoms with Crippen molar-refractivity contribution in [3.8, 4) is 5.75 Å². The zero-order valence-corrected chi connectivity index (χ0v) is 12.5. The molecule has 0 radical (unpaired) electrons. The van der Waals surface area contributed by atoms with Crippen molar-refractivity contribution in [3.05, 3.63) is 29.6 Å². The van der Waals surface area contributed by atoms with E-state index in [1.807, 2.05) is 6.07 Å². The Morgan fingerprint density at radius 1 is 1.16 bits per heavy atom. The molecular weight excluding hydrogens is 241 g/mol. The quantitative estimate of drug-likeness (QED) is 0.715. The predicted molar refractivity (Wildman–Crippen MR) is 77.9 cm³/mol. The van der Waals surface area contributed by atoms with Crippen LogP contribution in [0.25, 0.3) is 0 Å². The van der Waals surface area contributed by atoms with Gasteiger partial charge in [-0.05, 0) is 36.5 Å². The van der Waals surface area contributed by atoms with E-state index in [-0.39, 0.29) is 5.82 Å². The third kappa shape index (κ3) is 7.16. The SMILES string of the molecule is CC(C)CCCOc1cc(F)cc(CNC(C)C)c1. The number of halogens is 1. The van der Waals surface area contributed by atoms with Crippen molar-refractivity contribution in [2.75, 3.05) is 6.61 Å². The van der Waals surface area contributed by atoms with Crippen molar-refractivity contribution >= 4 is 0 Å². The smallest absolute Gasteiger partial charge is 0.127 e. The Morgan fingerprint density at radius 3 is 2.53 bits per heavy atom. The first kappa shape index (κ1) is 16.0. The molecule has 108 valence electrons. The Balaban J connectivity index is 2.48. The molecule has 0 heterocycles. The summed E-state index contributed by atoms with van der Waals surface area (Å²) >= 11 is 0. The van der Waals surface area contributed by atoms with Gasteiger partial charge in [0.25, 0.3) is 0 Å². The minimum absolute atomic E-state index is 0.234. The molecule has 0 spiro atoms. The highest BCUT2D eigenvalue weighted by Gasteiger charge is 2.03. The van der Waals surface area contributed by atoms with Crippen molar-refractivity contribution in [1.29, 1.82) is 0 Å². The lowest BCUT2D eigenvalue weighted by atomic mass is 10.1. The second-order valence-corrected chi connectivity index (χ2v) is 5.72. The summed E-state index contributed by atoms with van der Waals surface area (Å²) in [6.45, 7) is 9.84. The third-order valence-corrected chi connectivity index (χ3v) is 2.84. The van der Waals surface area contributed by atoms with Crippen LogP contribution in [-0.2, 0) is 6.54 Å². The molecule has 0 aliphatic rings. The molecule has 0 atom stereocenters. The van der Waals surface area contributed by atoms with Gasteiger partial charge in [0.1, 0.15) is 11.6 Å². The Bertz CT molecular complexity index is 377. The second-order valence-electron chi connectivity index (χ2n) is 5.72. The first-order valence-electron chi connectivity index (χ1n) is 7.13. The van der Waals surface area contributed by atoms with E-state index in [1.165, 1.54) is 6.07 Å². The summed E-state index contributed by atoms with van der Waals surface area (Å²) in [5, 5.41) is 3.28. The second kappa shape index (κ2) is 8.16. The van der Waals surface area contributed by atoms with Gasteiger partial charge in [0, 0.05) is 18.7 Å². The Morgan fingerprint density at radius 2 is 1.89 bits per heavy atom. The normalized spacial score (nSPS) is 11.3. The molecule has 3 heteroatoms. The number of nitrogens with one attached hydrogen (secondary N) is 1. The molecule has 0 unspecified atom stereocenters. The lowest BCUT2D eigenvalue weighted by molar-refractivity contribution is 0.296. The van der Waals surface area contributed by atoms with E-state index in [0.717, 1.165) is 18.4 Å². The van der Waals surface area contributed by atoms with Gasteiger partial charge in [0.2, 0.25) is 0 Å². The standard InChI is InChI=1S/C16H26FNO/c1-12(2)6-5-7-19-16-9-14(8-15(17)10-16)11-18-13(3)4/h8-10,12-13,18H,5-7,11H2,1-4H3. The van der Waals surface area contributed by atoms with Gasteiger partial charge in [-0.2, -0.15) is 0 Å².